The van der Waals surface area contributed by atoms with E-state index in [4.69, 9.17) is 0 Å². The molecule has 0 saturated carbocycles. The van der Waals surface area contributed by atoms with Crippen LogP contribution in [0.25, 0.3) is 0 Å². The van der Waals surface area contributed by atoms with Gasteiger partial charge in [0.1, 0.15) is 6.17 Å². The van der Waals surface area contributed by atoms with E-state index in [0.717, 1.165) is 17.7 Å². The molecule has 0 unspecified atom stereocenters. The average Bonchev–Trinajstić information content (AvgIpc) is 3.01. The van der Waals surface area contributed by atoms with E-state index in [0.29, 0.717) is 11.4 Å². The largest absolute Gasteiger partial charge is 0.416 e. The molecule has 1 heterocycles. The summed E-state index contributed by atoms with van der Waals surface area (Å²) < 4.78 is 38.3. The van der Waals surface area contributed by atoms with Crippen LogP contribution in [0.15, 0.2) is 48.5 Å². The van der Waals surface area contributed by atoms with E-state index in [1.165, 1.54) is 6.07 Å². The minimum Gasteiger partial charge on any atom is -0.355 e. The summed E-state index contributed by atoms with van der Waals surface area (Å²) in [4.78, 5) is 0. The van der Waals surface area contributed by atoms with Crippen LogP contribution in [-0.4, -0.2) is 0 Å². The Hall–Kier alpha value is -2.13. The predicted molar refractivity (Wildman–Crippen MR) is 76.5 cm³/mol. The number of anilines is 2. The molecule has 0 aromatic heterocycles. The number of alkyl halides is 3. The molecule has 0 spiro atoms. The van der Waals surface area contributed by atoms with Crippen molar-refractivity contribution in [3.63, 3.8) is 0 Å². The van der Waals surface area contributed by atoms with Crippen molar-refractivity contribution in [1.82, 2.24) is 21.9 Å². The van der Waals surface area contributed by atoms with E-state index < -0.39 is 11.7 Å². The number of rotatable bonds is 3. The zero-order valence-corrected chi connectivity index (χ0v) is 11.3. The number of hydrogen-bond donors (Lipinski definition) is 5. The third kappa shape index (κ3) is 3.20. The summed E-state index contributed by atoms with van der Waals surface area (Å²) in [6, 6.07) is 12.4. The number of para-hydroxylation sites is 1. The topological polar surface area (TPSA) is 60.1 Å². The second kappa shape index (κ2) is 5.93. The summed E-state index contributed by atoms with van der Waals surface area (Å²) in [6.07, 6.45) is -4.57. The maximum absolute atomic E-state index is 12.8. The van der Waals surface area contributed by atoms with Crippen molar-refractivity contribution in [2.45, 2.75) is 12.3 Å². The fourth-order valence-corrected chi connectivity index (χ4v) is 2.20. The maximum atomic E-state index is 12.8. The number of nitrogens with one attached hydrogen (secondary N) is 5. The molecule has 0 atom stereocenters. The van der Waals surface area contributed by atoms with Crippen LogP contribution in [0.5, 0.6) is 0 Å². The van der Waals surface area contributed by atoms with Gasteiger partial charge in [-0.1, -0.05) is 24.3 Å². The molecule has 1 aliphatic rings. The molecule has 2 aromatic carbocycles. The molecule has 1 fully saturated rings. The molecule has 0 aliphatic carbocycles. The van der Waals surface area contributed by atoms with Gasteiger partial charge in [0.15, 0.2) is 0 Å². The monoisotopic (exact) mass is 309 g/mol. The third-order valence-corrected chi connectivity index (χ3v) is 3.24. The summed E-state index contributed by atoms with van der Waals surface area (Å²) in [6.45, 7) is 0. The van der Waals surface area contributed by atoms with Crippen molar-refractivity contribution >= 4 is 11.4 Å². The normalized spacial score (nSPS) is 16.0. The van der Waals surface area contributed by atoms with E-state index in [1.807, 2.05) is 18.2 Å². The molecule has 2 aromatic rings. The highest BCUT2D eigenvalue weighted by Gasteiger charge is 2.30. The van der Waals surface area contributed by atoms with Gasteiger partial charge in [0.05, 0.1) is 5.56 Å². The SMILES string of the molecule is FC(F)(F)c1cccc(Nc2ccccc2C2NNNN2)c1. The molecule has 0 amide bonds. The van der Waals surface area contributed by atoms with Gasteiger partial charge in [-0.25, -0.2) is 10.9 Å². The molecule has 1 saturated heterocycles. The summed E-state index contributed by atoms with van der Waals surface area (Å²) in [7, 11) is 0. The van der Waals surface area contributed by atoms with E-state index in [9.17, 15) is 13.2 Å². The maximum Gasteiger partial charge on any atom is 0.416 e. The standard InChI is InChI=1S/C14H14F3N5/c15-14(16,17)9-4-3-5-10(8-9)18-12-7-2-1-6-11(12)13-19-21-22-20-13/h1-8,13,18-22H. The van der Waals surface area contributed by atoms with Crippen LogP contribution in [0, 0.1) is 0 Å². The Morgan fingerprint density at radius 2 is 1.64 bits per heavy atom. The van der Waals surface area contributed by atoms with Crippen LogP contribution in [0.3, 0.4) is 0 Å². The van der Waals surface area contributed by atoms with Gasteiger partial charge in [-0.05, 0) is 24.3 Å². The second-order valence-electron chi connectivity index (χ2n) is 4.76. The lowest BCUT2D eigenvalue weighted by molar-refractivity contribution is -0.137. The van der Waals surface area contributed by atoms with Crippen molar-refractivity contribution in [3.8, 4) is 0 Å². The van der Waals surface area contributed by atoms with Gasteiger partial charge in [0.2, 0.25) is 0 Å². The Balaban J connectivity index is 1.87. The van der Waals surface area contributed by atoms with Gasteiger partial charge >= 0.3 is 6.18 Å². The predicted octanol–water partition coefficient (Wildman–Crippen LogP) is 2.56. The first-order valence-electron chi connectivity index (χ1n) is 6.58. The Labute approximate surface area is 124 Å². The Bertz CT molecular complexity index is 653. The van der Waals surface area contributed by atoms with E-state index in [2.05, 4.69) is 27.2 Å². The molecule has 22 heavy (non-hydrogen) atoms. The third-order valence-electron chi connectivity index (χ3n) is 3.24. The van der Waals surface area contributed by atoms with Crippen molar-refractivity contribution < 1.29 is 13.2 Å². The van der Waals surface area contributed by atoms with Gasteiger partial charge in [-0.2, -0.15) is 24.2 Å². The van der Waals surface area contributed by atoms with Crippen LogP contribution in [-0.2, 0) is 6.18 Å². The van der Waals surface area contributed by atoms with Gasteiger partial charge in [-0.3, -0.25) is 0 Å². The van der Waals surface area contributed by atoms with Gasteiger partial charge in [0, 0.05) is 16.9 Å². The first-order chi connectivity index (χ1) is 10.5. The van der Waals surface area contributed by atoms with Gasteiger partial charge in [-0.15, -0.1) is 0 Å². The highest BCUT2D eigenvalue weighted by molar-refractivity contribution is 5.64. The van der Waals surface area contributed by atoms with Crippen molar-refractivity contribution in [2.75, 3.05) is 5.32 Å². The van der Waals surface area contributed by atoms with Crippen molar-refractivity contribution in [3.05, 3.63) is 59.7 Å². The number of halogens is 3. The van der Waals surface area contributed by atoms with Gasteiger partial charge in [0.25, 0.3) is 0 Å². The summed E-state index contributed by atoms with van der Waals surface area (Å²) in [5, 5.41) is 3.03. The molecule has 0 bridgehead atoms. The van der Waals surface area contributed by atoms with Crippen molar-refractivity contribution in [2.24, 2.45) is 0 Å². The van der Waals surface area contributed by atoms with Crippen LogP contribution >= 0.6 is 0 Å². The molecule has 1 aliphatic heterocycles. The molecule has 0 radical (unpaired) electrons. The molecular formula is C14H14F3N5. The van der Waals surface area contributed by atoms with Crippen LogP contribution < -0.4 is 27.2 Å². The van der Waals surface area contributed by atoms with Crippen LogP contribution in [0.1, 0.15) is 17.3 Å². The van der Waals surface area contributed by atoms with Crippen LogP contribution in [0.2, 0.25) is 0 Å². The first kappa shape index (κ1) is 14.8. The van der Waals surface area contributed by atoms with E-state index in [-0.39, 0.29) is 6.17 Å². The molecule has 5 nitrogen and oxygen atoms in total. The minimum absolute atomic E-state index is 0.213. The second-order valence-corrected chi connectivity index (χ2v) is 4.76. The summed E-state index contributed by atoms with van der Waals surface area (Å²) in [5.74, 6) is 0. The first-order valence-corrected chi connectivity index (χ1v) is 6.58. The molecule has 116 valence electrons. The minimum atomic E-state index is -4.36. The van der Waals surface area contributed by atoms with E-state index >= 15 is 0 Å². The lowest BCUT2D eigenvalue weighted by Gasteiger charge is -2.17. The summed E-state index contributed by atoms with van der Waals surface area (Å²) >= 11 is 0. The fourth-order valence-electron chi connectivity index (χ4n) is 2.20. The zero-order chi connectivity index (χ0) is 15.6. The average molecular weight is 309 g/mol. The number of hydrazine groups is 3. The number of hydrogen-bond acceptors (Lipinski definition) is 5. The Kier molecular flexibility index (Phi) is 3.99. The smallest absolute Gasteiger partial charge is 0.355 e. The van der Waals surface area contributed by atoms with E-state index in [1.54, 1.807) is 12.1 Å². The molecule has 3 rings (SSSR count). The fraction of sp³-hybridized carbons (Fsp3) is 0.143. The lowest BCUT2D eigenvalue weighted by atomic mass is 10.1. The zero-order valence-electron chi connectivity index (χ0n) is 11.3. The highest BCUT2D eigenvalue weighted by Crippen LogP contribution is 2.32. The molecule has 8 heteroatoms. The molecular weight excluding hydrogens is 295 g/mol. The molecule has 5 N–H and O–H groups in total. The van der Waals surface area contributed by atoms with Crippen molar-refractivity contribution in [1.29, 1.82) is 0 Å². The number of benzene rings is 2. The summed E-state index contributed by atoms with van der Waals surface area (Å²) in [5.41, 5.74) is 12.5. The van der Waals surface area contributed by atoms with Crippen LogP contribution in [0.4, 0.5) is 24.5 Å². The Morgan fingerprint density at radius 1 is 0.909 bits per heavy atom. The Morgan fingerprint density at radius 3 is 2.36 bits per heavy atom. The van der Waals surface area contributed by atoms with Gasteiger partial charge < -0.3 is 5.32 Å². The highest BCUT2D eigenvalue weighted by atomic mass is 19.4. The lowest BCUT2D eigenvalue weighted by Crippen LogP contribution is -2.33. The quantitative estimate of drug-likeness (QED) is 0.603.